The Bertz CT molecular complexity index is 117. The molecule has 2 unspecified atom stereocenters. The molecule has 0 amide bonds. The maximum Gasteiger partial charge on any atom is -0.00179 e. The fourth-order valence-corrected chi connectivity index (χ4v) is 2.86. The lowest BCUT2D eigenvalue weighted by Crippen LogP contribution is -2.37. The second kappa shape index (κ2) is 4.27. The highest BCUT2D eigenvalue weighted by Gasteiger charge is 2.24. The lowest BCUT2D eigenvalue weighted by molar-refractivity contribution is 0.206. The second-order valence-corrected chi connectivity index (χ2v) is 4.50. The summed E-state index contributed by atoms with van der Waals surface area (Å²) in [5, 5.41) is 3.53. The molecule has 0 bridgehead atoms. The van der Waals surface area contributed by atoms with Crippen LogP contribution in [0.25, 0.3) is 0 Å². The maximum atomic E-state index is 3.53. The summed E-state index contributed by atoms with van der Waals surface area (Å²) in [6.07, 6.45) is 10.4. The first-order valence-corrected chi connectivity index (χ1v) is 5.67. The van der Waals surface area contributed by atoms with Gasteiger partial charge in [-0.2, -0.15) is 0 Å². The summed E-state index contributed by atoms with van der Waals surface area (Å²) in [6.45, 7) is 2.59. The van der Waals surface area contributed by atoms with Crippen molar-refractivity contribution in [2.45, 2.75) is 44.9 Å². The van der Waals surface area contributed by atoms with E-state index in [1.165, 1.54) is 58.0 Å². The van der Waals surface area contributed by atoms with Gasteiger partial charge in [0.1, 0.15) is 0 Å². The molecule has 2 atom stereocenters. The van der Waals surface area contributed by atoms with Gasteiger partial charge in [0.2, 0.25) is 0 Å². The molecule has 2 aliphatic rings. The molecule has 1 saturated carbocycles. The van der Waals surface area contributed by atoms with Crippen molar-refractivity contribution in [1.82, 2.24) is 5.32 Å². The van der Waals surface area contributed by atoms with Crippen molar-refractivity contribution in [3.8, 4) is 0 Å². The zero-order valence-electron chi connectivity index (χ0n) is 8.02. The Labute approximate surface area is 75.9 Å². The summed E-state index contributed by atoms with van der Waals surface area (Å²) >= 11 is 0. The highest BCUT2D eigenvalue weighted by molar-refractivity contribution is 4.79. The Morgan fingerprint density at radius 2 is 1.50 bits per heavy atom. The van der Waals surface area contributed by atoms with Crippen LogP contribution in [0.1, 0.15) is 44.9 Å². The number of fused-ring (bicyclic) bond motifs is 1. The molecule has 2 rings (SSSR count). The molecule has 0 aromatic carbocycles. The lowest BCUT2D eigenvalue weighted by Gasteiger charge is -2.33. The van der Waals surface area contributed by atoms with E-state index in [-0.39, 0.29) is 0 Å². The Morgan fingerprint density at radius 3 is 2.33 bits per heavy atom. The summed E-state index contributed by atoms with van der Waals surface area (Å²) in [5.74, 6) is 2.10. The predicted molar refractivity (Wildman–Crippen MR) is 52.2 cm³/mol. The number of hydrogen-bond donors (Lipinski definition) is 1. The van der Waals surface area contributed by atoms with Crippen LogP contribution in [0.15, 0.2) is 0 Å². The topological polar surface area (TPSA) is 12.0 Å². The van der Waals surface area contributed by atoms with Crippen molar-refractivity contribution >= 4 is 0 Å². The molecule has 1 aliphatic heterocycles. The molecular formula is C11H21N. The van der Waals surface area contributed by atoms with Gasteiger partial charge >= 0.3 is 0 Å². The third kappa shape index (κ3) is 2.01. The Balaban J connectivity index is 1.89. The fraction of sp³-hybridized carbons (Fsp3) is 1.00. The molecule has 70 valence electrons. The largest absolute Gasteiger partial charge is 0.316 e. The van der Waals surface area contributed by atoms with Crippen LogP contribution in [0, 0.1) is 11.8 Å². The minimum Gasteiger partial charge on any atom is -0.316 e. The molecule has 1 heterocycles. The molecule has 1 aliphatic carbocycles. The highest BCUT2D eigenvalue weighted by atomic mass is 14.9. The van der Waals surface area contributed by atoms with Gasteiger partial charge in [0.05, 0.1) is 0 Å². The quantitative estimate of drug-likeness (QED) is 0.584. The van der Waals surface area contributed by atoms with E-state index < -0.39 is 0 Å². The third-order valence-electron chi connectivity index (χ3n) is 3.66. The average Bonchev–Trinajstić information content (AvgIpc) is 2.06. The zero-order valence-corrected chi connectivity index (χ0v) is 8.02. The molecule has 1 heteroatoms. The van der Waals surface area contributed by atoms with E-state index in [0.717, 1.165) is 11.8 Å². The van der Waals surface area contributed by atoms with Gasteiger partial charge in [-0.15, -0.1) is 0 Å². The van der Waals surface area contributed by atoms with Gasteiger partial charge in [-0.3, -0.25) is 0 Å². The SMILES string of the molecule is C1CCCC2CNCCC2CC1. The maximum absolute atomic E-state index is 3.53. The minimum absolute atomic E-state index is 1.03. The first kappa shape index (κ1) is 8.55. The molecule has 0 radical (unpaired) electrons. The summed E-state index contributed by atoms with van der Waals surface area (Å²) in [4.78, 5) is 0. The Morgan fingerprint density at radius 1 is 0.750 bits per heavy atom. The first-order valence-electron chi connectivity index (χ1n) is 5.67. The Kier molecular flexibility index (Phi) is 3.04. The van der Waals surface area contributed by atoms with Gasteiger partial charge in [-0.25, -0.2) is 0 Å². The van der Waals surface area contributed by atoms with Crippen molar-refractivity contribution in [3.05, 3.63) is 0 Å². The van der Waals surface area contributed by atoms with Crippen molar-refractivity contribution in [1.29, 1.82) is 0 Å². The highest BCUT2D eigenvalue weighted by Crippen LogP contribution is 2.31. The molecule has 12 heavy (non-hydrogen) atoms. The van der Waals surface area contributed by atoms with Crippen LogP contribution < -0.4 is 5.32 Å². The van der Waals surface area contributed by atoms with Crippen LogP contribution >= 0.6 is 0 Å². The normalized spacial score (nSPS) is 38.0. The van der Waals surface area contributed by atoms with Gasteiger partial charge in [-0.1, -0.05) is 32.1 Å². The van der Waals surface area contributed by atoms with E-state index in [2.05, 4.69) is 5.32 Å². The van der Waals surface area contributed by atoms with Gasteiger partial charge in [0.25, 0.3) is 0 Å². The molecule has 1 nitrogen and oxygen atoms in total. The van der Waals surface area contributed by atoms with E-state index in [1.54, 1.807) is 0 Å². The standard InChI is InChI=1S/C11H21N/c1-2-4-6-11-9-12-8-7-10(11)5-3-1/h10-12H,1-9H2. The number of nitrogens with one attached hydrogen (secondary N) is 1. The molecular weight excluding hydrogens is 146 g/mol. The van der Waals surface area contributed by atoms with E-state index in [1.807, 2.05) is 0 Å². The van der Waals surface area contributed by atoms with Crippen LogP contribution in [0.3, 0.4) is 0 Å². The minimum atomic E-state index is 1.03. The number of hydrogen-bond acceptors (Lipinski definition) is 1. The van der Waals surface area contributed by atoms with Gasteiger partial charge < -0.3 is 5.32 Å². The summed E-state index contributed by atoms with van der Waals surface area (Å²) in [6, 6.07) is 0. The lowest BCUT2D eigenvalue weighted by atomic mass is 9.78. The van der Waals surface area contributed by atoms with Crippen molar-refractivity contribution in [2.75, 3.05) is 13.1 Å². The van der Waals surface area contributed by atoms with E-state index in [0.29, 0.717) is 0 Å². The van der Waals surface area contributed by atoms with E-state index >= 15 is 0 Å². The fourth-order valence-electron chi connectivity index (χ4n) is 2.86. The number of piperidine rings is 1. The van der Waals surface area contributed by atoms with Crippen molar-refractivity contribution in [3.63, 3.8) is 0 Å². The van der Waals surface area contributed by atoms with Crippen LogP contribution in [0.5, 0.6) is 0 Å². The molecule has 0 aromatic rings. The van der Waals surface area contributed by atoms with Crippen LogP contribution in [-0.2, 0) is 0 Å². The predicted octanol–water partition coefficient (Wildman–Crippen LogP) is 2.57. The van der Waals surface area contributed by atoms with Crippen LogP contribution in [0.2, 0.25) is 0 Å². The first-order chi connectivity index (χ1) is 5.97. The van der Waals surface area contributed by atoms with Crippen molar-refractivity contribution in [2.24, 2.45) is 11.8 Å². The molecule has 0 spiro atoms. The van der Waals surface area contributed by atoms with E-state index in [9.17, 15) is 0 Å². The molecule has 0 aromatic heterocycles. The van der Waals surface area contributed by atoms with Gasteiger partial charge in [0.15, 0.2) is 0 Å². The smallest absolute Gasteiger partial charge is 0.00179 e. The monoisotopic (exact) mass is 167 g/mol. The summed E-state index contributed by atoms with van der Waals surface area (Å²) < 4.78 is 0. The zero-order chi connectivity index (χ0) is 8.23. The van der Waals surface area contributed by atoms with Crippen LogP contribution in [0.4, 0.5) is 0 Å². The van der Waals surface area contributed by atoms with Gasteiger partial charge in [-0.05, 0) is 37.8 Å². The van der Waals surface area contributed by atoms with Crippen LogP contribution in [-0.4, -0.2) is 13.1 Å². The summed E-state index contributed by atoms with van der Waals surface area (Å²) in [7, 11) is 0. The van der Waals surface area contributed by atoms with Gasteiger partial charge in [0, 0.05) is 0 Å². The Hall–Kier alpha value is -0.0400. The average molecular weight is 167 g/mol. The molecule has 1 saturated heterocycles. The van der Waals surface area contributed by atoms with Crippen molar-refractivity contribution < 1.29 is 0 Å². The molecule has 1 N–H and O–H groups in total. The number of rotatable bonds is 0. The molecule has 2 fully saturated rings. The second-order valence-electron chi connectivity index (χ2n) is 4.50. The third-order valence-corrected chi connectivity index (χ3v) is 3.66. The summed E-state index contributed by atoms with van der Waals surface area (Å²) in [5.41, 5.74) is 0. The van der Waals surface area contributed by atoms with E-state index in [4.69, 9.17) is 0 Å².